The summed E-state index contributed by atoms with van der Waals surface area (Å²) >= 11 is 0. The van der Waals surface area contributed by atoms with Gasteiger partial charge in [0.05, 0.1) is 39.4 Å². The molecule has 166 valence electrons. The van der Waals surface area contributed by atoms with Crippen molar-refractivity contribution in [1.29, 1.82) is 0 Å². The lowest BCUT2D eigenvalue weighted by atomic mass is 10.1. The van der Waals surface area contributed by atoms with E-state index in [9.17, 15) is 9.59 Å². The first-order valence-electron chi connectivity index (χ1n) is 10.1. The Morgan fingerprint density at radius 1 is 1.26 bits per heavy atom. The average Bonchev–Trinajstić information content (AvgIpc) is 2.79. The highest BCUT2D eigenvalue weighted by Gasteiger charge is 2.32. The van der Waals surface area contributed by atoms with Crippen molar-refractivity contribution in [3.8, 4) is 17.2 Å². The summed E-state index contributed by atoms with van der Waals surface area (Å²) in [7, 11) is 3.17. The van der Waals surface area contributed by atoms with Crippen molar-refractivity contribution in [3.63, 3.8) is 0 Å². The molecular weight excluding hydrogens is 400 g/mol. The van der Waals surface area contributed by atoms with Gasteiger partial charge >= 0.3 is 0 Å². The summed E-state index contributed by atoms with van der Waals surface area (Å²) in [5.41, 5.74) is 0.895. The standard InChI is InChI=1S/C22H28N4O5/c1-29-19-7-3-5-16(21(19)30-2)15-26-11-9-25-22(28)18(26)13-20(27)24-10-12-31-17-6-4-8-23-14-17/h3-8,14,18H,9-13,15H2,1-2H3,(H,24,27)(H,25,28)/t18-/m0/s1. The Morgan fingerprint density at radius 2 is 2.13 bits per heavy atom. The van der Waals surface area contributed by atoms with Crippen molar-refractivity contribution in [3.05, 3.63) is 48.3 Å². The van der Waals surface area contributed by atoms with Crippen molar-refractivity contribution < 1.29 is 23.8 Å². The maximum absolute atomic E-state index is 12.5. The summed E-state index contributed by atoms with van der Waals surface area (Å²) in [6, 6.07) is 8.65. The largest absolute Gasteiger partial charge is 0.493 e. The highest BCUT2D eigenvalue weighted by atomic mass is 16.5. The van der Waals surface area contributed by atoms with E-state index in [0.29, 0.717) is 50.0 Å². The molecule has 31 heavy (non-hydrogen) atoms. The summed E-state index contributed by atoms with van der Waals surface area (Å²) in [5, 5.41) is 5.66. The second-order valence-corrected chi connectivity index (χ2v) is 7.02. The van der Waals surface area contributed by atoms with Crippen LogP contribution in [0.2, 0.25) is 0 Å². The summed E-state index contributed by atoms with van der Waals surface area (Å²) in [6.07, 6.45) is 3.33. The molecule has 0 radical (unpaired) electrons. The zero-order valence-corrected chi connectivity index (χ0v) is 17.8. The SMILES string of the molecule is COc1cccc(CN2CCNC(=O)[C@@H]2CC(=O)NCCOc2cccnc2)c1OC. The van der Waals surface area contributed by atoms with Crippen LogP contribution in [0.1, 0.15) is 12.0 Å². The minimum absolute atomic E-state index is 0.0605. The van der Waals surface area contributed by atoms with E-state index >= 15 is 0 Å². The van der Waals surface area contributed by atoms with E-state index in [4.69, 9.17) is 14.2 Å². The molecular formula is C22H28N4O5. The molecule has 9 heteroatoms. The lowest BCUT2D eigenvalue weighted by Gasteiger charge is -2.35. The number of aromatic nitrogens is 1. The highest BCUT2D eigenvalue weighted by molar-refractivity contribution is 5.88. The number of piperazine rings is 1. The zero-order valence-electron chi connectivity index (χ0n) is 17.8. The van der Waals surface area contributed by atoms with Gasteiger partial charge < -0.3 is 24.8 Å². The van der Waals surface area contributed by atoms with Crippen molar-refractivity contribution >= 4 is 11.8 Å². The molecule has 2 N–H and O–H groups in total. The predicted molar refractivity (Wildman–Crippen MR) is 114 cm³/mol. The average molecular weight is 428 g/mol. The molecule has 1 aliphatic heterocycles. The van der Waals surface area contributed by atoms with E-state index in [1.165, 1.54) is 0 Å². The molecule has 0 aliphatic carbocycles. The Kier molecular flexibility index (Phi) is 8.05. The molecule has 0 spiro atoms. The number of rotatable bonds is 10. The fourth-order valence-corrected chi connectivity index (χ4v) is 3.51. The van der Waals surface area contributed by atoms with Crippen molar-refractivity contribution in [2.24, 2.45) is 0 Å². The van der Waals surface area contributed by atoms with Crippen molar-refractivity contribution in [1.82, 2.24) is 20.5 Å². The van der Waals surface area contributed by atoms with E-state index in [1.807, 2.05) is 23.1 Å². The first-order valence-corrected chi connectivity index (χ1v) is 10.1. The molecule has 0 bridgehead atoms. The van der Waals surface area contributed by atoms with E-state index < -0.39 is 6.04 Å². The number of amides is 2. The number of benzene rings is 1. The van der Waals surface area contributed by atoms with Gasteiger partial charge in [-0.3, -0.25) is 19.5 Å². The maximum atomic E-state index is 12.5. The lowest BCUT2D eigenvalue weighted by Crippen LogP contribution is -2.56. The maximum Gasteiger partial charge on any atom is 0.237 e. The molecule has 9 nitrogen and oxygen atoms in total. The van der Waals surface area contributed by atoms with Crippen LogP contribution in [0.4, 0.5) is 0 Å². The van der Waals surface area contributed by atoms with Crippen LogP contribution in [0.25, 0.3) is 0 Å². The number of nitrogens with zero attached hydrogens (tertiary/aromatic N) is 2. The molecule has 2 amide bonds. The molecule has 1 aliphatic rings. The Labute approximate surface area is 181 Å². The number of carbonyl (C=O) groups excluding carboxylic acids is 2. The Morgan fingerprint density at radius 3 is 2.87 bits per heavy atom. The third-order valence-electron chi connectivity index (χ3n) is 5.01. The molecule has 0 saturated carbocycles. The van der Waals surface area contributed by atoms with Crippen LogP contribution in [0.5, 0.6) is 17.2 Å². The molecule has 2 aromatic rings. The van der Waals surface area contributed by atoms with Crippen molar-refractivity contribution in [2.75, 3.05) is 40.5 Å². The first kappa shape index (κ1) is 22.4. The summed E-state index contributed by atoms with van der Waals surface area (Å²) < 4.78 is 16.4. The quantitative estimate of drug-likeness (QED) is 0.544. The monoisotopic (exact) mass is 428 g/mol. The van der Waals surface area contributed by atoms with Crippen LogP contribution in [-0.2, 0) is 16.1 Å². The van der Waals surface area contributed by atoms with Gasteiger partial charge in [0.15, 0.2) is 11.5 Å². The molecule has 1 aromatic heterocycles. The molecule has 1 atom stereocenters. The third kappa shape index (κ3) is 6.08. The number of hydrogen-bond acceptors (Lipinski definition) is 7. The smallest absolute Gasteiger partial charge is 0.237 e. The van der Waals surface area contributed by atoms with Gasteiger partial charge in [-0.25, -0.2) is 0 Å². The van der Waals surface area contributed by atoms with Crippen LogP contribution in [0.3, 0.4) is 0 Å². The summed E-state index contributed by atoms with van der Waals surface area (Å²) in [4.78, 5) is 30.9. The first-order chi connectivity index (χ1) is 15.1. The second kappa shape index (κ2) is 11.2. The van der Waals surface area contributed by atoms with Gasteiger partial charge in [0.2, 0.25) is 11.8 Å². The fourth-order valence-electron chi connectivity index (χ4n) is 3.51. The summed E-state index contributed by atoms with van der Waals surface area (Å²) in [6.45, 7) is 2.29. The van der Waals surface area contributed by atoms with Gasteiger partial charge in [-0.2, -0.15) is 0 Å². The minimum atomic E-state index is -0.566. The molecule has 1 saturated heterocycles. The van der Waals surface area contributed by atoms with Crippen LogP contribution in [0, 0.1) is 0 Å². The molecule has 3 rings (SSSR count). The number of para-hydroxylation sites is 1. The van der Waals surface area contributed by atoms with Crippen molar-refractivity contribution in [2.45, 2.75) is 19.0 Å². The van der Waals surface area contributed by atoms with Crippen LogP contribution >= 0.6 is 0 Å². The normalized spacial score (nSPS) is 16.3. The van der Waals surface area contributed by atoms with Crippen LogP contribution in [0.15, 0.2) is 42.7 Å². The third-order valence-corrected chi connectivity index (χ3v) is 5.01. The lowest BCUT2D eigenvalue weighted by molar-refractivity contribution is -0.134. The number of pyridine rings is 1. The number of carbonyl (C=O) groups is 2. The van der Waals surface area contributed by atoms with Crippen LogP contribution in [-0.4, -0.2) is 68.2 Å². The molecule has 1 aromatic carbocycles. The molecule has 2 heterocycles. The predicted octanol–water partition coefficient (Wildman–Crippen LogP) is 0.985. The van der Waals surface area contributed by atoms with Gasteiger partial charge in [-0.15, -0.1) is 0 Å². The van der Waals surface area contributed by atoms with E-state index in [2.05, 4.69) is 15.6 Å². The van der Waals surface area contributed by atoms with Gasteiger partial charge in [0.1, 0.15) is 12.4 Å². The Hall–Kier alpha value is -3.33. The van der Waals surface area contributed by atoms with E-state index in [-0.39, 0.29) is 18.2 Å². The van der Waals surface area contributed by atoms with Crippen LogP contribution < -0.4 is 24.8 Å². The minimum Gasteiger partial charge on any atom is -0.493 e. The van der Waals surface area contributed by atoms with E-state index in [0.717, 1.165) is 5.56 Å². The summed E-state index contributed by atoms with van der Waals surface area (Å²) in [5.74, 6) is 1.53. The molecule has 1 fully saturated rings. The molecule has 0 unspecified atom stereocenters. The Bertz CT molecular complexity index is 877. The van der Waals surface area contributed by atoms with Gasteiger partial charge in [0.25, 0.3) is 0 Å². The Balaban J connectivity index is 1.57. The van der Waals surface area contributed by atoms with Gasteiger partial charge in [-0.1, -0.05) is 12.1 Å². The second-order valence-electron chi connectivity index (χ2n) is 7.02. The highest BCUT2D eigenvalue weighted by Crippen LogP contribution is 2.32. The van der Waals surface area contributed by atoms with Gasteiger partial charge in [-0.05, 0) is 18.2 Å². The van der Waals surface area contributed by atoms with E-state index in [1.54, 1.807) is 38.7 Å². The fraction of sp³-hybridized carbons (Fsp3) is 0.409. The number of ether oxygens (including phenoxy) is 3. The number of hydrogen-bond donors (Lipinski definition) is 2. The topological polar surface area (TPSA) is 102 Å². The number of nitrogens with one attached hydrogen (secondary N) is 2. The number of methoxy groups -OCH3 is 2. The van der Waals surface area contributed by atoms with Gasteiger partial charge in [0, 0.05) is 31.4 Å². The zero-order chi connectivity index (χ0) is 22.1.